The van der Waals surface area contributed by atoms with Crippen LogP contribution in [0.4, 0.5) is 0 Å². The SMILES string of the molecule is COCCc1nc2c(C)cc(Br)cc2[nH]1. The van der Waals surface area contributed by atoms with E-state index in [1.165, 1.54) is 5.56 Å². The van der Waals surface area contributed by atoms with Gasteiger partial charge in [-0.3, -0.25) is 0 Å². The molecule has 4 heteroatoms. The Kier molecular flexibility index (Phi) is 3.07. The van der Waals surface area contributed by atoms with Gasteiger partial charge in [-0.15, -0.1) is 0 Å². The summed E-state index contributed by atoms with van der Waals surface area (Å²) in [6.45, 7) is 2.76. The van der Waals surface area contributed by atoms with Crippen LogP contribution in [0.5, 0.6) is 0 Å². The van der Waals surface area contributed by atoms with Crippen molar-refractivity contribution < 1.29 is 4.74 Å². The van der Waals surface area contributed by atoms with Crippen molar-refractivity contribution in [2.75, 3.05) is 13.7 Å². The maximum atomic E-state index is 5.03. The first-order valence-electron chi connectivity index (χ1n) is 4.84. The third-order valence-electron chi connectivity index (χ3n) is 2.33. The number of hydrogen-bond acceptors (Lipinski definition) is 2. The molecule has 0 atom stereocenters. The first-order chi connectivity index (χ1) is 7.20. The Hall–Kier alpha value is -0.870. The number of nitrogens with one attached hydrogen (secondary N) is 1. The zero-order valence-corrected chi connectivity index (χ0v) is 10.4. The van der Waals surface area contributed by atoms with Gasteiger partial charge in [0.05, 0.1) is 17.6 Å². The van der Waals surface area contributed by atoms with E-state index in [1.54, 1.807) is 7.11 Å². The first-order valence-corrected chi connectivity index (χ1v) is 5.63. The van der Waals surface area contributed by atoms with E-state index in [4.69, 9.17) is 4.74 Å². The van der Waals surface area contributed by atoms with E-state index in [1.807, 2.05) is 6.07 Å². The summed E-state index contributed by atoms with van der Waals surface area (Å²) in [5.74, 6) is 0.980. The highest BCUT2D eigenvalue weighted by atomic mass is 79.9. The normalized spacial score (nSPS) is 11.1. The van der Waals surface area contributed by atoms with Crippen LogP contribution in [0.1, 0.15) is 11.4 Å². The number of benzene rings is 1. The highest BCUT2D eigenvalue weighted by Crippen LogP contribution is 2.22. The molecular formula is C11H13BrN2O. The molecule has 2 aromatic rings. The maximum absolute atomic E-state index is 5.03. The molecule has 0 aliphatic heterocycles. The Bertz CT molecular complexity index is 479. The van der Waals surface area contributed by atoms with E-state index in [0.717, 1.165) is 27.8 Å². The Morgan fingerprint density at radius 1 is 1.47 bits per heavy atom. The van der Waals surface area contributed by atoms with Crippen LogP contribution in [0.25, 0.3) is 11.0 Å². The summed E-state index contributed by atoms with van der Waals surface area (Å²) in [5.41, 5.74) is 3.30. The zero-order chi connectivity index (χ0) is 10.8. The number of rotatable bonds is 3. The summed E-state index contributed by atoms with van der Waals surface area (Å²) in [5, 5.41) is 0. The van der Waals surface area contributed by atoms with Crippen molar-refractivity contribution in [2.24, 2.45) is 0 Å². The number of ether oxygens (including phenoxy) is 1. The predicted molar refractivity (Wildman–Crippen MR) is 64.1 cm³/mol. The first kappa shape index (κ1) is 10.6. The van der Waals surface area contributed by atoms with Gasteiger partial charge >= 0.3 is 0 Å². The van der Waals surface area contributed by atoms with E-state index in [9.17, 15) is 0 Å². The minimum absolute atomic E-state index is 0.694. The number of halogens is 1. The van der Waals surface area contributed by atoms with E-state index in [-0.39, 0.29) is 0 Å². The molecule has 2 rings (SSSR count). The molecule has 0 amide bonds. The quantitative estimate of drug-likeness (QED) is 0.930. The van der Waals surface area contributed by atoms with E-state index < -0.39 is 0 Å². The second-order valence-electron chi connectivity index (χ2n) is 3.55. The lowest BCUT2D eigenvalue weighted by atomic mass is 10.2. The molecule has 0 spiro atoms. The number of methoxy groups -OCH3 is 1. The predicted octanol–water partition coefficient (Wildman–Crippen LogP) is 2.82. The number of aromatic nitrogens is 2. The Morgan fingerprint density at radius 3 is 3.00 bits per heavy atom. The fourth-order valence-electron chi connectivity index (χ4n) is 1.61. The second kappa shape index (κ2) is 4.33. The standard InChI is InChI=1S/C11H13BrN2O/c1-7-5-8(12)6-9-11(7)14-10(13-9)3-4-15-2/h5-6H,3-4H2,1-2H3,(H,13,14). The van der Waals surface area contributed by atoms with Crippen molar-refractivity contribution in [3.05, 3.63) is 28.0 Å². The molecule has 1 N–H and O–H groups in total. The number of aromatic amines is 1. The molecule has 0 unspecified atom stereocenters. The molecule has 0 aliphatic carbocycles. The molecule has 80 valence electrons. The summed E-state index contributed by atoms with van der Waals surface area (Å²) in [7, 11) is 1.70. The molecule has 3 nitrogen and oxygen atoms in total. The Morgan fingerprint density at radius 2 is 2.27 bits per heavy atom. The van der Waals surface area contributed by atoms with Gasteiger partial charge in [-0.2, -0.15) is 0 Å². The van der Waals surface area contributed by atoms with Gasteiger partial charge in [-0.05, 0) is 24.6 Å². The van der Waals surface area contributed by atoms with Crippen LogP contribution in [-0.2, 0) is 11.2 Å². The topological polar surface area (TPSA) is 37.9 Å². The maximum Gasteiger partial charge on any atom is 0.109 e. The smallest absolute Gasteiger partial charge is 0.109 e. The molecule has 1 aromatic carbocycles. The van der Waals surface area contributed by atoms with Gasteiger partial charge < -0.3 is 9.72 Å². The minimum atomic E-state index is 0.694. The van der Waals surface area contributed by atoms with Crippen LogP contribution in [0, 0.1) is 6.92 Å². The van der Waals surface area contributed by atoms with Crippen molar-refractivity contribution in [3.8, 4) is 0 Å². The van der Waals surface area contributed by atoms with Crippen LogP contribution >= 0.6 is 15.9 Å². The van der Waals surface area contributed by atoms with Gasteiger partial charge in [0.1, 0.15) is 5.82 Å². The third-order valence-corrected chi connectivity index (χ3v) is 2.79. The van der Waals surface area contributed by atoms with Crippen molar-refractivity contribution >= 4 is 27.0 Å². The van der Waals surface area contributed by atoms with Crippen molar-refractivity contribution in [1.82, 2.24) is 9.97 Å². The molecule has 0 radical (unpaired) electrons. The van der Waals surface area contributed by atoms with Gasteiger partial charge in [-0.1, -0.05) is 15.9 Å². The largest absolute Gasteiger partial charge is 0.384 e. The van der Waals surface area contributed by atoms with Gasteiger partial charge in [0.2, 0.25) is 0 Å². The highest BCUT2D eigenvalue weighted by Gasteiger charge is 2.05. The summed E-state index contributed by atoms with van der Waals surface area (Å²) in [4.78, 5) is 7.83. The van der Waals surface area contributed by atoms with Crippen molar-refractivity contribution in [3.63, 3.8) is 0 Å². The second-order valence-corrected chi connectivity index (χ2v) is 4.46. The number of fused-ring (bicyclic) bond motifs is 1. The summed E-state index contributed by atoms with van der Waals surface area (Å²) in [6, 6.07) is 4.12. The lowest BCUT2D eigenvalue weighted by Gasteiger charge is -1.94. The monoisotopic (exact) mass is 268 g/mol. The number of hydrogen-bond donors (Lipinski definition) is 1. The molecular weight excluding hydrogens is 256 g/mol. The molecule has 1 aromatic heterocycles. The molecule has 0 fully saturated rings. The molecule has 0 aliphatic rings. The lowest BCUT2D eigenvalue weighted by Crippen LogP contribution is -1.95. The van der Waals surface area contributed by atoms with Crippen LogP contribution in [0.2, 0.25) is 0 Å². The highest BCUT2D eigenvalue weighted by molar-refractivity contribution is 9.10. The van der Waals surface area contributed by atoms with E-state index in [2.05, 4.69) is 38.9 Å². The van der Waals surface area contributed by atoms with Crippen molar-refractivity contribution in [1.29, 1.82) is 0 Å². The lowest BCUT2D eigenvalue weighted by molar-refractivity contribution is 0.201. The van der Waals surface area contributed by atoms with Crippen LogP contribution in [-0.4, -0.2) is 23.7 Å². The number of imidazole rings is 1. The summed E-state index contributed by atoms with van der Waals surface area (Å²) >= 11 is 3.47. The van der Waals surface area contributed by atoms with E-state index >= 15 is 0 Å². The van der Waals surface area contributed by atoms with Gasteiger partial charge in [0.15, 0.2) is 0 Å². The zero-order valence-electron chi connectivity index (χ0n) is 8.80. The van der Waals surface area contributed by atoms with Crippen LogP contribution < -0.4 is 0 Å². The number of nitrogens with zero attached hydrogens (tertiary/aromatic N) is 1. The average Bonchev–Trinajstić information content (AvgIpc) is 2.57. The molecule has 0 saturated heterocycles. The molecule has 0 bridgehead atoms. The summed E-state index contributed by atoms with van der Waals surface area (Å²) in [6.07, 6.45) is 0.822. The van der Waals surface area contributed by atoms with E-state index in [0.29, 0.717) is 6.61 Å². The molecule has 15 heavy (non-hydrogen) atoms. The minimum Gasteiger partial charge on any atom is -0.384 e. The van der Waals surface area contributed by atoms with Crippen LogP contribution in [0.3, 0.4) is 0 Å². The van der Waals surface area contributed by atoms with Gasteiger partial charge in [0.25, 0.3) is 0 Å². The third kappa shape index (κ3) is 2.21. The number of H-pyrrole nitrogens is 1. The van der Waals surface area contributed by atoms with Crippen LogP contribution in [0.15, 0.2) is 16.6 Å². The summed E-state index contributed by atoms with van der Waals surface area (Å²) < 4.78 is 6.10. The molecule has 1 heterocycles. The average molecular weight is 269 g/mol. The Labute approximate surface area is 97.0 Å². The molecule has 0 saturated carbocycles. The number of aryl methyl sites for hydroxylation is 1. The van der Waals surface area contributed by atoms with Crippen molar-refractivity contribution in [2.45, 2.75) is 13.3 Å². The fourth-order valence-corrected chi connectivity index (χ4v) is 2.19. The fraction of sp³-hybridized carbons (Fsp3) is 0.364. The van der Waals surface area contributed by atoms with Gasteiger partial charge in [0, 0.05) is 18.0 Å². The Balaban J connectivity index is 2.41. The van der Waals surface area contributed by atoms with Gasteiger partial charge in [-0.25, -0.2) is 4.98 Å².